The second kappa shape index (κ2) is 18.5. The zero-order valence-corrected chi connectivity index (χ0v) is 37.2. The fourth-order valence-corrected chi connectivity index (χ4v) is 9.41. The molecule has 1 aromatic heterocycles. The highest BCUT2D eigenvalue weighted by Crippen LogP contribution is 2.44. The molecule has 1 aromatic rings. The van der Waals surface area contributed by atoms with Gasteiger partial charge < -0.3 is 15.5 Å². The van der Waals surface area contributed by atoms with Crippen LogP contribution in [0.1, 0.15) is 153 Å². The van der Waals surface area contributed by atoms with Gasteiger partial charge in [0.05, 0.1) is 18.8 Å². The van der Waals surface area contributed by atoms with E-state index in [4.69, 9.17) is 30.4 Å². The van der Waals surface area contributed by atoms with E-state index in [0.29, 0.717) is 30.6 Å². The number of hydrogen-bond acceptors (Lipinski definition) is 12. The number of anilines is 2. The van der Waals surface area contributed by atoms with Gasteiger partial charge in [0.15, 0.2) is 5.82 Å². The Morgan fingerprint density at radius 2 is 1.04 bits per heavy atom. The third-order valence-electron chi connectivity index (χ3n) is 11.5. The summed E-state index contributed by atoms with van der Waals surface area (Å²) >= 11 is 0. The Morgan fingerprint density at radius 3 is 1.42 bits per heavy atom. The first-order chi connectivity index (χ1) is 24.5. The number of unbranched alkanes of at least 4 members (excludes halogenated alkanes) is 3. The van der Waals surface area contributed by atoms with E-state index < -0.39 is 5.54 Å². The molecule has 2 aliphatic heterocycles. The minimum Gasteiger partial charge on any atom is -0.347 e. The molecule has 3 heterocycles. The van der Waals surface area contributed by atoms with Crippen LogP contribution in [-0.2, 0) is 15.2 Å². The van der Waals surface area contributed by atoms with Crippen molar-refractivity contribution in [2.75, 3.05) is 71.0 Å². The van der Waals surface area contributed by atoms with Gasteiger partial charge in [-0.15, -0.1) is 0 Å². The predicted octanol–water partition coefficient (Wildman–Crippen LogP) is 7.05. The van der Waals surface area contributed by atoms with Gasteiger partial charge in [-0.25, -0.2) is 0 Å². The topological polar surface area (TPSA) is 103 Å². The third-order valence-corrected chi connectivity index (χ3v) is 11.5. The van der Waals surface area contributed by atoms with Gasteiger partial charge in [-0.2, -0.15) is 25.1 Å². The van der Waals surface area contributed by atoms with E-state index in [2.05, 4.69) is 103 Å². The Morgan fingerprint density at radius 1 is 0.642 bits per heavy atom. The summed E-state index contributed by atoms with van der Waals surface area (Å²) in [5.41, 5.74) is 5.65. The Balaban J connectivity index is 1.78. The van der Waals surface area contributed by atoms with Crippen LogP contribution in [0, 0.1) is 0 Å². The molecular weight excluding hydrogens is 665 g/mol. The standard InChI is InChI=1S/C41H82N10O2/c1-17-25-52-50-37(3,4)27-32(28-38(50,5)6)48(31-42)23-21-19-20-22-24-49(33-29-39(7,8)51(53-26-18-2)40(9,10)30-33)41(11,12)34-43-35(46(13)14)45-36(44-34)47(15)16/h32-33H,17-31,42H2,1-16H3. The number of hydroxylamine groups is 4. The van der Waals surface area contributed by atoms with E-state index in [1.807, 2.05) is 38.0 Å². The minimum absolute atomic E-state index is 0.0498. The molecule has 53 heavy (non-hydrogen) atoms. The largest absolute Gasteiger partial charge is 0.347 e. The second-order valence-electron chi connectivity index (χ2n) is 19.3. The van der Waals surface area contributed by atoms with Gasteiger partial charge in [-0.05, 0) is 134 Å². The first-order valence-corrected chi connectivity index (χ1v) is 20.7. The average Bonchev–Trinajstić information content (AvgIpc) is 3.03. The maximum absolute atomic E-state index is 6.44. The molecule has 2 saturated heterocycles. The maximum Gasteiger partial charge on any atom is 0.229 e. The fourth-order valence-electron chi connectivity index (χ4n) is 9.41. The molecule has 0 saturated carbocycles. The molecule has 2 N–H and O–H groups in total. The molecule has 0 amide bonds. The fraction of sp³-hybridized carbons (Fsp3) is 0.927. The Bertz CT molecular complexity index is 1200. The summed E-state index contributed by atoms with van der Waals surface area (Å²) in [5.74, 6) is 2.19. The van der Waals surface area contributed by atoms with Crippen molar-refractivity contribution < 1.29 is 9.68 Å². The summed E-state index contributed by atoms with van der Waals surface area (Å²) in [7, 11) is 8.00. The van der Waals surface area contributed by atoms with Crippen LogP contribution < -0.4 is 15.5 Å². The van der Waals surface area contributed by atoms with E-state index in [1.54, 1.807) is 0 Å². The first-order valence-electron chi connectivity index (χ1n) is 20.7. The Kier molecular flexibility index (Phi) is 16.0. The van der Waals surface area contributed by atoms with Crippen LogP contribution in [0.2, 0.25) is 0 Å². The lowest BCUT2D eigenvalue weighted by Gasteiger charge is -2.57. The van der Waals surface area contributed by atoms with Crippen molar-refractivity contribution in [1.82, 2.24) is 34.9 Å². The van der Waals surface area contributed by atoms with Crippen molar-refractivity contribution in [3.05, 3.63) is 5.82 Å². The summed E-state index contributed by atoms with van der Waals surface area (Å²) in [4.78, 5) is 36.8. The number of nitrogens with zero attached hydrogens (tertiary/aromatic N) is 9. The van der Waals surface area contributed by atoms with Crippen molar-refractivity contribution in [2.24, 2.45) is 5.73 Å². The monoisotopic (exact) mass is 747 g/mol. The van der Waals surface area contributed by atoms with E-state index in [9.17, 15) is 0 Å². The van der Waals surface area contributed by atoms with Crippen LogP contribution in [0.25, 0.3) is 0 Å². The zero-order chi connectivity index (χ0) is 40.0. The number of aromatic nitrogens is 3. The van der Waals surface area contributed by atoms with Crippen LogP contribution >= 0.6 is 0 Å². The lowest BCUT2D eigenvalue weighted by atomic mass is 9.77. The molecule has 308 valence electrons. The van der Waals surface area contributed by atoms with Crippen LogP contribution in [0.15, 0.2) is 0 Å². The smallest absolute Gasteiger partial charge is 0.229 e. The van der Waals surface area contributed by atoms with Crippen LogP contribution in [-0.4, -0.2) is 130 Å². The summed E-state index contributed by atoms with van der Waals surface area (Å²) in [6.07, 6.45) is 10.7. The number of rotatable bonds is 20. The van der Waals surface area contributed by atoms with E-state index >= 15 is 0 Å². The molecule has 0 bridgehead atoms. The van der Waals surface area contributed by atoms with Gasteiger partial charge >= 0.3 is 0 Å². The number of hydrogen-bond donors (Lipinski definition) is 1. The molecule has 0 aliphatic carbocycles. The van der Waals surface area contributed by atoms with Gasteiger partial charge in [0.1, 0.15) is 0 Å². The summed E-state index contributed by atoms with van der Waals surface area (Å²) in [6.45, 7) is 31.7. The molecule has 3 rings (SSSR count). The van der Waals surface area contributed by atoms with Crippen LogP contribution in [0.3, 0.4) is 0 Å². The number of piperidine rings is 2. The van der Waals surface area contributed by atoms with Gasteiger partial charge in [-0.1, -0.05) is 26.7 Å². The molecule has 0 atom stereocenters. The quantitative estimate of drug-likeness (QED) is 0.109. The molecule has 0 unspecified atom stereocenters. The molecular formula is C41H82N10O2. The van der Waals surface area contributed by atoms with Gasteiger partial charge in [0.2, 0.25) is 11.9 Å². The first kappa shape index (κ1) is 45.7. The van der Waals surface area contributed by atoms with Crippen molar-refractivity contribution in [3.63, 3.8) is 0 Å². The third kappa shape index (κ3) is 11.4. The lowest BCUT2D eigenvalue weighted by Crippen LogP contribution is -2.65. The zero-order valence-electron chi connectivity index (χ0n) is 37.2. The molecule has 2 fully saturated rings. The highest BCUT2D eigenvalue weighted by atomic mass is 16.7. The minimum atomic E-state index is -0.423. The SMILES string of the molecule is CCCON1C(C)(C)CC(N(CN)CCCCCCN(C2CC(C)(C)N(OCCC)C(C)(C)C2)C(C)(C)c2nc(N(C)C)nc(N(C)C)n2)CC1(C)C. The summed E-state index contributed by atoms with van der Waals surface area (Å²) in [6, 6.07) is 0.770. The maximum atomic E-state index is 6.44. The molecule has 0 spiro atoms. The molecule has 12 heteroatoms. The van der Waals surface area contributed by atoms with Gasteiger partial charge in [0.25, 0.3) is 0 Å². The molecule has 12 nitrogen and oxygen atoms in total. The van der Waals surface area contributed by atoms with Crippen LogP contribution in [0.4, 0.5) is 11.9 Å². The van der Waals surface area contributed by atoms with Crippen molar-refractivity contribution in [1.29, 1.82) is 0 Å². The van der Waals surface area contributed by atoms with E-state index in [0.717, 1.165) is 83.5 Å². The van der Waals surface area contributed by atoms with E-state index in [-0.39, 0.29) is 22.2 Å². The van der Waals surface area contributed by atoms with E-state index in [1.165, 1.54) is 12.8 Å². The molecule has 2 aliphatic rings. The van der Waals surface area contributed by atoms with Crippen molar-refractivity contribution in [2.45, 2.75) is 187 Å². The molecule has 0 aromatic carbocycles. The lowest BCUT2D eigenvalue weighted by molar-refractivity contribution is -0.290. The predicted molar refractivity (Wildman–Crippen MR) is 221 cm³/mol. The van der Waals surface area contributed by atoms with Crippen molar-refractivity contribution in [3.8, 4) is 0 Å². The molecule has 0 radical (unpaired) electrons. The highest BCUT2D eigenvalue weighted by Gasteiger charge is 2.51. The van der Waals surface area contributed by atoms with Crippen LogP contribution in [0.5, 0.6) is 0 Å². The normalized spacial score (nSPS) is 21.1. The van der Waals surface area contributed by atoms with Crippen molar-refractivity contribution >= 4 is 11.9 Å². The van der Waals surface area contributed by atoms with Gasteiger partial charge in [-0.3, -0.25) is 19.5 Å². The average molecular weight is 747 g/mol. The highest BCUT2D eigenvalue weighted by molar-refractivity contribution is 5.38. The second-order valence-corrected chi connectivity index (χ2v) is 19.3. The Hall–Kier alpha value is -1.67. The summed E-state index contributed by atoms with van der Waals surface area (Å²) < 4.78 is 0. The number of nitrogens with two attached hydrogens (primary N) is 1. The summed E-state index contributed by atoms with van der Waals surface area (Å²) in [5, 5.41) is 4.56. The Labute approximate surface area is 325 Å². The van der Waals surface area contributed by atoms with Gasteiger partial charge in [0, 0.05) is 69.1 Å².